The van der Waals surface area contributed by atoms with E-state index in [9.17, 15) is 23.8 Å². The zero-order chi connectivity index (χ0) is 34.4. The van der Waals surface area contributed by atoms with Crippen molar-refractivity contribution in [2.45, 2.75) is 70.0 Å². The van der Waals surface area contributed by atoms with Crippen LogP contribution in [0.25, 0.3) is 22.3 Å². The highest BCUT2D eigenvalue weighted by atomic mass is 31.2. The van der Waals surface area contributed by atoms with Crippen LogP contribution in [0.2, 0.25) is 18.1 Å². The van der Waals surface area contributed by atoms with Crippen molar-refractivity contribution >= 4 is 57.7 Å². The molecule has 1 saturated heterocycles. The first kappa shape index (κ1) is 35.4. The molecule has 258 valence electrons. The van der Waals surface area contributed by atoms with Crippen LogP contribution in [0.1, 0.15) is 27.0 Å². The van der Waals surface area contributed by atoms with Crippen LogP contribution >= 0.6 is 15.4 Å². The highest BCUT2D eigenvalue weighted by Gasteiger charge is 2.54. The Bertz CT molecular complexity index is 1830. The number of hydrogen-bond acceptors (Lipinski definition) is 15. The second kappa shape index (κ2) is 13.2. The minimum Gasteiger partial charge on any atom is -0.407 e. The molecule has 20 nitrogen and oxygen atoms in total. The van der Waals surface area contributed by atoms with Gasteiger partial charge in [0.25, 0.3) is 0 Å². The molecule has 23 heteroatoms. The minimum absolute atomic E-state index is 0.0334. The molecule has 0 bridgehead atoms. The van der Waals surface area contributed by atoms with Gasteiger partial charge in [-0.3, -0.25) is 18.2 Å². The van der Waals surface area contributed by atoms with E-state index < -0.39 is 61.2 Å². The molecule has 0 aliphatic carbocycles. The molecule has 1 unspecified atom stereocenters. The van der Waals surface area contributed by atoms with Crippen molar-refractivity contribution in [2.24, 2.45) is 0 Å². The van der Waals surface area contributed by atoms with E-state index >= 15 is 0 Å². The lowest BCUT2D eigenvalue weighted by atomic mass is 10.1. The summed E-state index contributed by atoms with van der Waals surface area (Å²) < 4.78 is 57.4. The van der Waals surface area contributed by atoms with E-state index in [1.54, 1.807) is 4.57 Å². The van der Waals surface area contributed by atoms with Crippen molar-refractivity contribution in [2.75, 3.05) is 31.0 Å². The Morgan fingerprint density at radius 1 is 0.979 bits per heavy atom. The van der Waals surface area contributed by atoms with Crippen LogP contribution in [0, 0.1) is 0 Å². The topological polar surface area (TPSA) is 280 Å². The molecule has 7 N–H and O–H groups in total. The van der Waals surface area contributed by atoms with Crippen LogP contribution in [-0.4, -0.2) is 99.9 Å². The number of nitrogen functional groups attached to an aromatic ring is 2. The third-order valence-electron chi connectivity index (χ3n) is 8.05. The van der Waals surface area contributed by atoms with E-state index in [4.69, 9.17) is 34.4 Å². The first-order chi connectivity index (χ1) is 21.9. The van der Waals surface area contributed by atoms with Crippen molar-refractivity contribution in [3.63, 3.8) is 0 Å². The molecule has 47 heavy (non-hydrogen) atoms. The Morgan fingerprint density at radius 2 is 1.68 bits per heavy atom. The van der Waals surface area contributed by atoms with Gasteiger partial charge in [-0.25, -0.2) is 34.5 Å². The van der Waals surface area contributed by atoms with Gasteiger partial charge in [0.1, 0.15) is 48.3 Å². The number of hydrogen-bond donors (Lipinski definition) is 5. The van der Waals surface area contributed by atoms with Gasteiger partial charge >= 0.3 is 15.4 Å². The Morgan fingerprint density at radius 3 is 2.38 bits per heavy atom. The van der Waals surface area contributed by atoms with E-state index in [1.165, 1.54) is 29.9 Å². The molecule has 0 saturated carbocycles. The number of imidazole rings is 2. The maximum Gasteiger partial charge on any atom is 0.469 e. The normalized spacial score (nSPS) is 22.3. The van der Waals surface area contributed by atoms with Gasteiger partial charge in [0.2, 0.25) is 0 Å². The van der Waals surface area contributed by atoms with E-state index in [0.717, 1.165) is 0 Å². The third kappa shape index (κ3) is 7.87. The smallest absolute Gasteiger partial charge is 0.407 e. The van der Waals surface area contributed by atoms with Crippen molar-refractivity contribution in [1.82, 2.24) is 39.0 Å². The van der Waals surface area contributed by atoms with E-state index in [-0.39, 0.29) is 41.0 Å². The number of anilines is 2. The summed E-state index contributed by atoms with van der Waals surface area (Å²) in [4.78, 5) is 54.6. The van der Waals surface area contributed by atoms with Crippen LogP contribution in [0.4, 0.5) is 11.6 Å². The number of fused-ring (bicyclic) bond motifs is 2. The fourth-order valence-electron chi connectivity index (χ4n) is 4.73. The maximum atomic E-state index is 13.5. The standard InChI is InChI=1S/C24H38N10O10P2Si/c1-24(2,3)47(4,5)44-18-17(43-45(35,36)13-40-7-6-33-11-32-21-16(33)20(26)28-9-29-21)14(8-41-46(37,38)39)42-23(18)34-12-31-15-19(25)27-10-30-22(15)34/h9-12,14,17-18,23H,6-8,13H2,1-5H3,(H,35,36)(H2,25,27,30)(H2,26,28,29)(H2,37,38,39)/t14-,17-,18-,23-/m1/s1. The van der Waals surface area contributed by atoms with Gasteiger partial charge < -0.3 is 44.6 Å². The van der Waals surface area contributed by atoms with Gasteiger partial charge in [0, 0.05) is 6.54 Å². The first-order valence-corrected chi connectivity index (χ1v) is 20.5. The molecule has 0 spiro atoms. The highest BCUT2D eigenvalue weighted by molar-refractivity contribution is 7.52. The fraction of sp³-hybridized carbons (Fsp3) is 0.583. The average Bonchev–Trinajstić information content (AvgIpc) is 3.66. The highest BCUT2D eigenvalue weighted by Crippen LogP contribution is 2.51. The van der Waals surface area contributed by atoms with Crippen molar-refractivity contribution < 1.29 is 46.8 Å². The van der Waals surface area contributed by atoms with Crippen molar-refractivity contribution in [3.05, 3.63) is 25.3 Å². The summed E-state index contributed by atoms with van der Waals surface area (Å²) in [6, 6.07) is 0. The SMILES string of the molecule is CC(C)(C)[Si](C)(C)O[C@@H]1[C@H](OP(=O)(O)COCCn2cnc3ncnc(N)c32)[C@@H](COP(=O)(O)O)O[C@H]1n1cnc2c(N)ncnc21. The predicted octanol–water partition coefficient (Wildman–Crippen LogP) is 1.77. The number of phosphoric acid groups is 1. The second-order valence-corrected chi connectivity index (χ2v) is 20.1. The molecule has 5 rings (SSSR count). The fourth-order valence-corrected chi connectivity index (χ4v) is 7.41. The Kier molecular flexibility index (Phi) is 9.91. The molecule has 1 aliphatic rings. The number of aromatic nitrogens is 8. The minimum atomic E-state index is -4.98. The summed E-state index contributed by atoms with van der Waals surface area (Å²) in [5.41, 5.74) is 13.4. The largest absolute Gasteiger partial charge is 0.469 e. The second-order valence-electron chi connectivity index (χ2n) is 12.4. The molecule has 5 heterocycles. The Labute approximate surface area is 269 Å². The van der Waals surface area contributed by atoms with Gasteiger partial charge in [0.05, 0.1) is 25.9 Å². The summed E-state index contributed by atoms with van der Waals surface area (Å²) >= 11 is 0. The van der Waals surface area contributed by atoms with Crippen LogP contribution in [0.15, 0.2) is 25.3 Å². The van der Waals surface area contributed by atoms with E-state index in [2.05, 4.69) is 29.9 Å². The van der Waals surface area contributed by atoms with Crippen LogP contribution in [-0.2, 0) is 38.6 Å². The molecule has 0 radical (unpaired) electrons. The molecule has 0 aromatic carbocycles. The van der Waals surface area contributed by atoms with Gasteiger partial charge in [-0.1, -0.05) is 20.8 Å². The summed E-state index contributed by atoms with van der Waals surface area (Å²) in [6.07, 6.45) is -0.167. The Hall–Kier alpha value is -2.94. The van der Waals surface area contributed by atoms with Gasteiger partial charge in [-0.2, -0.15) is 0 Å². The molecule has 5 atom stereocenters. The first-order valence-electron chi connectivity index (χ1n) is 14.3. The number of ether oxygens (including phenoxy) is 2. The number of rotatable bonds is 13. The predicted molar refractivity (Wildman–Crippen MR) is 169 cm³/mol. The maximum absolute atomic E-state index is 13.5. The lowest BCUT2D eigenvalue weighted by Crippen LogP contribution is -2.49. The zero-order valence-electron chi connectivity index (χ0n) is 26.3. The quantitative estimate of drug-likeness (QED) is 0.0748. The molecular formula is C24H38N10O10P2Si. The Balaban J connectivity index is 1.41. The summed E-state index contributed by atoms with van der Waals surface area (Å²) in [5.74, 6) is 0.328. The average molecular weight is 717 g/mol. The molecule has 0 amide bonds. The van der Waals surface area contributed by atoms with Crippen LogP contribution in [0.3, 0.4) is 0 Å². The molecule has 4 aromatic rings. The molecular weight excluding hydrogens is 678 g/mol. The number of nitrogens with zero attached hydrogens (tertiary/aromatic N) is 8. The van der Waals surface area contributed by atoms with E-state index in [1.807, 2.05) is 33.9 Å². The van der Waals surface area contributed by atoms with Gasteiger partial charge in [-0.05, 0) is 18.1 Å². The van der Waals surface area contributed by atoms with Crippen molar-refractivity contribution in [3.8, 4) is 0 Å². The number of nitrogens with two attached hydrogens (primary N) is 2. The molecule has 1 fully saturated rings. The number of phosphoric ester groups is 1. The molecule has 4 aromatic heterocycles. The van der Waals surface area contributed by atoms with E-state index in [0.29, 0.717) is 11.2 Å². The van der Waals surface area contributed by atoms with Crippen LogP contribution in [0.5, 0.6) is 0 Å². The lowest BCUT2D eigenvalue weighted by Gasteiger charge is -2.40. The van der Waals surface area contributed by atoms with Crippen LogP contribution < -0.4 is 11.5 Å². The summed E-state index contributed by atoms with van der Waals surface area (Å²) in [6.45, 7) is 9.41. The summed E-state index contributed by atoms with van der Waals surface area (Å²) in [5, 5.41) is -0.329. The zero-order valence-corrected chi connectivity index (χ0v) is 29.1. The molecule has 1 aliphatic heterocycles. The van der Waals surface area contributed by atoms with Crippen molar-refractivity contribution in [1.29, 1.82) is 0 Å². The summed E-state index contributed by atoms with van der Waals surface area (Å²) in [7, 11) is -12.2. The third-order valence-corrected chi connectivity index (χ3v) is 14.1. The van der Waals surface area contributed by atoms with Gasteiger partial charge in [0.15, 0.2) is 37.5 Å². The monoisotopic (exact) mass is 716 g/mol. The lowest BCUT2D eigenvalue weighted by molar-refractivity contribution is -0.0484. The van der Waals surface area contributed by atoms with Gasteiger partial charge in [-0.15, -0.1) is 0 Å².